The lowest BCUT2D eigenvalue weighted by atomic mass is 9.76. The second-order valence-electron chi connectivity index (χ2n) is 8.89. The van der Waals surface area contributed by atoms with Gasteiger partial charge in [0.2, 0.25) is 0 Å². The lowest BCUT2D eigenvalue weighted by Crippen LogP contribution is -2.43. The zero-order valence-electron chi connectivity index (χ0n) is 14.8. The summed E-state index contributed by atoms with van der Waals surface area (Å²) in [6.07, 6.45) is 12.5. The molecule has 21 heavy (non-hydrogen) atoms. The standard InChI is InChI=1S/C19H38N2/c1-18(2,3)17-9-8-13-21(14-10-17)16-19(15-20)11-6-4-5-7-12-19/h17H,4-16,20H2,1-3H3. The van der Waals surface area contributed by atoms with Crippen molar-refractivity contribution in [3.63, 3.8) is 0 Å². The van der Waals surface area contributed by atoms with Gasteiger partial charge in [-0.25, -0.2) is 0 Å². The lowest BCUT2D eigenvalue weighted by molar-refractivity contribution is 0.134. The van der Waals surface area contributed by atoms with Gasteiger partial charge in [-0.2, -0.15) is 0 Å². The molecule has 2 nitrogen and oxygen atoms in total. The molecule has 0 amide bonds. The Balaban J connectivity index is 1.92. The normalized spacial score (nSPS) is 28.9. The Kier molecular flexibility index (Phi) is 6.14. The number of hydrogen-bond donors (Lipinski definition) is 1. The Morgan fingerprint density at radius 2 is 1.62 bits per heavy atom. The van der Waals surface area contributed by atoms with Crippen molar-refractivity contribution in [2.45, 2.75) is 78.6 Å². The van der Waals surface area contributed by atoms with E-state index in [2.05, 4.69) is 25.7 Å². The van der Waals surface area contributed by atoms with Crippen molar-refractivity contribution in [3.8, 4) is 0 Å². The van der Waals surface area contributed by atoms with E-state index in [9.17, 15) is 0 Å². The fourth-order valence-electron chi connectivity index (χ4n) is 4.56. The van der Waals surface area contributed by atoms with Crippen LogP contribution in [-0.2, 0) is 0 Å². The third-order valence-electron chi connectivity index (χ3n) is 6.20. The van der Waals surface area contributed by atoms with Crippen molar-refractivity contribution in [2.75, 3.05) is 26.2 Å². The molecule has 124 valence electrons. The first-order valence-electron chi connectivity index (χ1n) is 9.38. The summed E-state index contributed by atoms with van der Waals surface area (Å²) in [6, 6.07) is 0. The molecule has 2 aliphatic rings. The first-order valence-corrected chi connectivity index (χ1v) is 9.38. The largest absolute Gasteiger partial charge is 0.330 e. The molecular weight excluding hydrogens is 256 g/mol. The maximum absolute atomic E-state index is 6.23. The van der Waals surface area contributed by atoms with Crippen molar-refractivity contribution in [1.82, 2.24) is 4.90 Å². The third kappa shape index (κ3) is 4.96. The predicted octanol–water partition coefficient (Wildman–Crippen LogP) is 4.43. The highest BCUT2D eigenvalue weighted by Gasteiger charge is 2.33. The molecule has 1 saturated heterocycles. The summed E-state index contributed by atoms with van der Waals surface area (Å²) in [5.74, 6) is 0.894. The van der Waals surface area contributed by atoms with Crippen LogP contribution in [0.25, 0.3) is 0 Å². The molecule has 1 aliphatic carbocycles. The van der Waals surface area contributed by atoms with Gasteiger partial charge >= 0.3 is 0 Å². The van der Waals surface area contributed by atoms with Crippen LogP contribution < -0.4 is 5.73 Å². The minimum atomic E-state index is 0.429. The Labute approximate surface area is 132 Å². The van der Waals surface area contributed by atoms with E-state index >= 15 is 0 Å². The second kappa shape index (κ2) is 7.46. The topological polar surface area (TPSA) is 29.3 Å². The van der Waals surface area contributed by atoms with Gasteiger partial charge in [0.25, 0.3) is 0 Å². The Morgan fingerprint density at radius 3 is 2.19 bits per heavy atom. The van der Waals surface area contributed by atoms with Crippen LogP contribution >= 0.6 is 0 Å². The van der Waals surface area contributed by atoms with E-state index in [1.807, 2.05) is 0 Å². The summed E-state index contributed by atoms with van der Waals surface area (Å²) >= 11 is 0. The monoisotopic (exact) mass is 294 g/mol. The van der Waals surface area contributed by atoms with Crippen LogP contribution in [0.3, 0.4) is 0 Å². The van der Waals surface area contributed by atoms with Crippen LogP contribution in [0, 0.1) is 16.7 Å². The van der Waals surface area contributed by atoms with E-state index in [1.165, 1.54) is 77.4 Å². The van der Waals surface area contributed by atoms with Gasteiger partial charge in [0.15, 0.2) is 0 Å². The number of rotatable bonds is 3. The summed E-state index contributed by atoms with van der Waals surface area (Å²) in [7, 11) is 0. The molecule has 0 aromatic rings. The van der Waals surface area contributed by atoms with E-state index in [-0.39, 0.29) is 0 Å². The lowest BCUT2D eigenvalue weighted by Gasteiger charge is -2.37. The van der Waals surface area contributed by atoms with E-state index in [0.717, 1.165) is 12.5 Å². The molecule has 0 aromatic carbocycles. The van der Waals surface area contributed by atoms with Crippen molar-refractivity contribution in [1.29, 1.82) is 0 Å². The summed E-state index contributed by atoms with van der Waals surface area (Å²) in [4.78, 5) is 2.75. The fourth-order valence-corrected chi connectivity index (χ4v) is 4.56. The Bertz CT molecular complexity index is 297. The van der Waals surface area contributed by atoms with Gasteiger partial charge in [-0.15, -0.1) is 0 Å². The molecule has 0 spiro atoms. The minimum absolute atomic E-state index is 0.429. The Hall–Kier alpha value is -0.0800. The zero-order valence-corrected chi connectivity index (χ0v) is 14.8. The van der Waals surface area contributed by atoms with Crippen LogP contribution in [0.1, 0.15) is 78.6 Å². The Morgan fingerprint density at radius 1 is 0.952 bits per heavy atom. The quantitative estimate of drug-likeness (QED) is 0.780. The molecule has 0 bridgehead atoms. The van der Waals surface area contributed by atoms with Crippen LogP contribution in [-0.4, -0.2) is 31.1 Å². The first-order chi connectivity index (χ1) is 9.95. The summed E-state index contributed by atoms with van der Waals surface area (Å²) in [6.45, 7) is 12.0. The SMILES string of the molecule is CC(C)(C)C1CCCN(CC2(CN)CCCCCC2)CC1. The predicted molar refractivity (Wildman–Crippen MR) is 92.4 cm³/mol. The van der Waals surface area contributed by atoms with Crippen molar-refractivity contribution in [2.24, 2.45) is 22.5 Å². The zero-order chi connectivity index (χ0) is 15.3. The summed E-state index contributed by atoms with van der Waals surface area (Å²) < 4.78 is 0. The molecule has 0 aromatic heterocycles. The van der Waals surface area contributed by atoms with Crippen molar-refractivity contribution >= 4 is 0 Å². The molecule has 2 rings (SSSR count). The molecule has 2 N–H and O–H groups in total. The fraction of sp³-hybridized carbons (Fsp3) is 1.00. The van der Waals surface area contributed by atoms with Crippen LogP contribution in [0.5, 0.6) is 0 Å². The highest BCUT2D eigenvalue weighted by molar-refractivity contribution is 4.87. The molecule has 1 heterocycles. The van der Waals surface area contributed by atoms with E-state index in [1.54, 1.807) is 0 Å². The van der Waals surface area contributed by atoms with Crippen LogP contribution in [0.15, 0.2) is 0 Å². The van der Waals surface area contributed by atoms with E-state index in [0.29, 0.717) is 10.8 Å². The van der Waals surface area contributed by atoms with Gasteiger partial charge in [0.1, 0.15) is 0 Å². The molecule has 2 fully saturated rings. The van der Waals surface area contributed by atoms with Crippen molar-refractivity contribution in [3.05, 3.63) is 0 Å². The van der Waals surface area contributed by atoms with Gasteiger partial charge in [-0.05, 0) is 68.5 Å². The molecule has 1 atom stereocenters. The highest BCUT2D eigenvalue weighted by Crippen LogP contribution is 2.38. The smallest absolute Gasteiger partial charge is 0.00501 e. The first kappa shape index (κ1) is 17.3. The maximum atomic E-state index is 6.23. The number of nitrogens with two attached hydrogens (primary N) is 1. The number of nitrogens with zero attached hydrogens (tertiary/aromatic N) is 1. The highest BCUT2D eigenvalue weighted by atomic mass is 15.1. The molecule has 0 radical (unpaired) electrons. The van der Waals surface area contributed by atoms with Gasteiger partial charge in [-0.3, -0.25) is 0 Å². The second-order valence-corrected chi connectivity index (χ2v) is 8.89. The molecule has 1 saturated carbocycles. The van der Waals surface area contributed by atoms with Crippen LogP contribution in [0.2, 0.25) is 0 Å². The van der Waals surface area contributed by atoms with Crippen molar-refractivity contribution < 1.29 is 0 Å². The average Bonchev–Trinajstić information content (AvgIpc) is 2.79. The van der Waals surface area contributed by atoms with Gasteiger partial charge in [-0.1, -0.05) is 46.5 Å². The summed E-state index contributed by atoms with van der Waals surface area (Å²) in [5, 5.41) is 0. The minimum Gasteiger partial charge on any atom is -0.330 e. The maximum Gasteiger partial charge on any atom is 0.00501 e. The number of likely N-dealkylation sites (tertiary alicyclic amines) is 1. The third-order valence-corrected chi connectivity index (χ3v) is 6.20. The van der Waals surface area contributed by atoms with Gasteiger partial charge < -0.3 is 10.6 Å². The average molecular weight is 295 g/mol. The molecule has 1 aliphatic heterocycles. The number of hydrogen-bond acceptors (Lipinski definition) is 2. The van der Waals surface area contributed by atoms with Gasteiger partial charge in [0, 0.05) is 6.54 Å². The van der Waals surface area contributed by atoms with Gasteiger partial charge in [0.05, 0.1) is 0 Å². The molecular formula is C19H38N2. The summed E-state index contributed by atoms with van der Waals surface area (Å²) in [5.41, 5.74) is 7.14. The molecule has 2 heteroatoms. The molecule has 1 unspecified atom stereocenters. The van der Waals surface area contributed by atoms with E-state index in [4.69, 9.17) is 5.73 Å². The van der Waals surface area contributed by atoms with Crippen LogP contribution in [0.4, 0.5) is 0 Å². The van der Waals surface area contributed by atoms with E-state index < -0.39 is 0 Å².